The highest BCUT2D eigenvalue weighted by Crippen LogP contribution is 2.35. The summed E-state index contributed by atoms with van der Waals surface area (Å²) in [6.07, 6.45) is 5.42. The van der Waals surface area contributed by atoms with Crippen LogP contribution in [0.5, 0.6) is 0 Å². The molecule has 0 bridgehead atoms. The summed E-state index contributed by atoms with van der Waals surface area (Å²) in [6, 6.07) is 17.2. The van der Waals surface area contributed by atoms with E-state index in [1.54, 1.807) is 0 Å². The molecule has 1 aliphatic carbocycles. The summed E-state index contributed by atoms with van der Waals surface area (Å²) in [4.78, 5) is 2.21. The fourth-order valence-corrected chi connectivity index (χ4v) is 4.39. The maximum absolute atomic E-state index is 9.21. The lowest BCUT2D eigenvalue weighted by molar-refractivity contribution is 0.450. The summed E-state index contributed by atoms with van der Waals surface area (Å²) < 4.78 is 0. The van der Waals surface area contributed by atoms with Gasteiger partial charge in [-0.3, -0.25) is 5.41 Å². The van der Waals surface area contributed by atoms with Gasteiger partial charge in [0.2, 0.25) is 0 Å². The number of hydrogen-bond acceptors (Lipinski definition) is 2. The number of benzene rings is 3. The maximum atomic E-state index is 9.21. The number of nitrogens with one attached hydrogen (secondary N) is 1. The van der Waals surface area contributed by atoms with E-state index in [1.807, 2.05) is 0 Å². The Morgan fingerprint density at radius 3 is 2.30 bits per heavy atom. The van der Waals surface area contributed by atoms with Crippen molar-refractivity contribution >= 4 is 22.1 Å². The van der Waals surface area contributed by atoms with Crippen LogP contribution in [-0.4, -0.2) is 31.3 Å². The molecular formula is C28H30N2. The van der Waals surface area contributed by atoms with E-state index in [0.717, 1.165) is 24.1 Å². The zero-order valence-electron chi connectivity index (χ0n) is 18.6. The van der Waals surface area contributed by atoms with E-state index in [-0.39, 0.29) is 0 Å². The highest BCUT2D eigenvalue weighted by Gasteiger charge is 2.20. The molecule has 0 spiro atoms. The van der Waals surface area contributed by atoms with Gasteiger partial charge in [-0.1, -0.05) is 48.6 Å². The van der Waals surface area contributed by atoms with Crippen molar-refractivity contribution < 1.29 is 0 Å². The van der Waals surface area contributed by atoms with Gasteiger partial charge in [0, 0.05) is 17.7 Å². The Morgan fingerprint density at radius 1 is 0.900 bits per heavy atom. The first-order valence-electron chi connectivity index (χ1n) is 10.6. The van der Waals surface area contributed by atoms with Crippen LogP contribution in [0.2, 0.25) is 0 Å². The van der Waals surface area contributed by atoms with Gasteiger partial charge in [0.25, 0.3) is 0 Å². The molecule has 0 atom stereocenters. The second kappa shape index (κ2) is 8.04. The van der Waals surface area contributed by atoms with E-state index in [4.69, 9.17) is 0 Å². The monoisotopic (exact) mass is 394 g/mol. The van der Waals surface area contributed by atoms with Crippen molar-refractivity contribution in [3.63, 3.8) is 0 Å². The molecule has 152 valence electrons. The van der Waals surface area contributed by atoms with Crippen LogP contribution in [0.4, 0.5) is 0 Å². The molecule has 0 saturated carbocycles. The molecule has 0 fully saturated rings. The van der Waals surface area contributed by atoms with Gasteiger partial charge in [0.05, 0.1) is 5.71 Å². The Morgan fingerprint density at radius 2 is 1.60 bits per heavy atom. The van der Waals surface area contributed by atoms with Gasteiger partial charge in [-0.15, -0.1) is 0 Å². The first-order chi connectivity index (χ1) is 14.4. The van der Waals surface area contributed by atoms with Crippen LogP contribution in [0.1, 0.15) is 39.8 Å². The average Bonchev–Trinajstić information content (AvgIpc) is 3.18. The topological polar surface area (TPSA) is 27.1 Å². The van der Waals surface area contributed by atoms with Crippen molar-refractivity contribution in [2.45, 2.75) is 27.2 Å². The van der Waals surface area contributed by atoms with Gasteiger partial charge in [0.1, 0.15) is 0 Å². The Hall–Kier alpha value is -2.97. The van der Waals surface area contributed by atoms with Crippen LogP contribution in [0.15, 0.2) is 66.3 Å². The molecule has 1 N–H and O–H groups in total. The second-order valence-corrected chi connectivity index (χ2v) is 8.65. The van der Waals surface area contributed by atoms with Crippen molar-refractivity contribution in [1.82, 2.24) is 4.90 Å². The quantitative estimate of drug-likeness (QED) is 0.494. The highest BCUT2D eigenvalue weighted by atomic mass is 15.0. The third-order valence-electron chi connectivity index (χ3n) is 6.32. The number of aryl methyl sites for hydroxylation is 1. The summed E-state index contributed by atoms with van der Waals surface area (Å²) in [5.41, 5.74) is 10.3. The number of rotatable bonds is 5. The summed E-state index contributed by atoms with van der Waals surface area (Å²) in [5.74, 6) is 0. The molecule has 3 aromatic rings. The Labute approximate surface area is 180 Å². The lowest BCUT2D eigenvalue weighted by Gasteiger charge is -2.19. The maximum Gasteiger partial charge on any atom is 0.0693 e. The van der Waals surface area contributed by atoms with Crippen LogP contribution in [0, 0.1) is 26.2 Å². The smallest absolute Gasteiger partial charge is 0.0693 e. The Balaban J connectivity index is 1.94. The van der Waals surface area contributed by atoms with Crippen molar-refractivity contribution in [3.8, 4) is 0 Å². The number of likely N-dealkylation sites (N-methyl/N-ethyl adjacent to an activating group) is 1. The molecule has 30 heavy (non-hydrogen) atoms. The number of nitrogens with zero attached hydrogens (tertiary/aromatic N) is 1. The van der Waals surface area contributed by atoms with E-state index in [0.29, 0.717) is 5.71 Å². The van der Waals surface area contributed by atoms with E-state index in [1.165, 1.54) is 44.2 Å². The highest BCUT2D eigenvalue weighted by molar-refractivity contribution is 6.16. The summed E-state index contributed by atoms with van der Waals surface area (Å²) in [5, 5.41) is 11.6. The van der Waals surface area contributed by atoms with Crippen LogP contribution in [0.3, 0.4) is 0 Å². The molecule has 0 aromatic heterocycles. The molecule has 0 heterocycles. The van der Waals surface area contributed by atoms with E-state index >= 15 is 0 Å². The van der Waals surface area contributed by atoms with Crippen LogP contribution < -0.4 is 0 Å². The summed E-state index contributed by atoms with van der Waals surface area (Å²) in [6.45, 7) is 7.34. The zero-order chi connectivity index (χ0) is 21.4. The minimum Gasteiger partial charge on any atom is -0.305 e. The van der Waals surface area contributed by atoms with Crippen molar-refractivity contribution in [3.05, 3.63) is 99.6 Å². The van der Waals surface area contributed by atoms with Crippen LogP contribution in [-0.2, 0) is 0 Å². The van der Waals surface area contributed by atoms with Gasteiger partial charge >= 0.3 is 0 Å². The largest absolute Gasteiger partial charge is 0.305 e. The SMILES string of the molecule is Cc1ccc(C(=N)c2cc3ccccc3cc2C2=C(CN(C)C)C=CC2)c(C)c1C. The first kappa shape index (κ1) is 20.3. The number of fused-ring (bicyclic) bond motifs is 1. The third-order valence-corrected chi connectivity index (χ3v) is 6.32. The van der Waals surface area contributed by atoms with E-state index < -0.39 is 0 Å². The summed E-state index contributed by atoms with van der Waals surface area (Å²) >= 11 is 0. The molecule has 0 unspecified atom stereocenters. The average molecular weight is 395 g/mol. The van der Waals surface area contributed by atoms with Crippen molar-refractivity contribution in [1.29, 1.82) is 5.41 Å². The molecule has 0 saturated heterocycles. The molecule has 1 aliphatic rings. The lowest BCUT2D eigenvalue weighted by Crippen LogP contribution is -2.15. The van der Waals surface area contributed by atoms with Gasteiger partial charge in [-0.25, -0.2) is 0 Å². The molecule has 0 radical (unpaired) electrons. The van der Waals surface area contributed by atoms with Crippen LogP contribution >= 0.6 is 0 Å². The fourth-order valence-electron chi connectivity index (χ4n) is 4.39. The Bertz CT molecular complexity index is 1210. The van der Waals surface area contributed by atoms with Crippen molar-refractivity contribution in [2.75, 3.05) is 20.6 Å². The molecule has 0 aliphatic heterocycles. The third kappa shape index (κ3) is 3.64. The Kier molecular flexibility index (Phi) is 5.44. The van der Waals surface area contributed by atoms with Gasteiger partial charge < -0.3 is 4.90 Å². The van der Waals surface area contributed by atoms with Gasteiger partial charge in [-0.05, 0) is 97.6 Å². The molecule has 2 nitrogen and oxygen atoms in total. The van der Waals surface area contributed by atoms with Crippen LogP contribution in [0.25, 0.3) is 16.3 Å². The van der Waals surface area contributed by atoms with E-state index in [2.05, 4.69) is 100 Å². The summed E-state index contributed by atoms with van der Waals surface area (Å²) in [7, 11) is 4.22. The standard InChI is InChI=1S/C28H30N2/c1-18-13-14-24(20(3)19(18)2)28(29)27-16-22-10-7-6-9-21(22)15-26(27)25-12-8-11-23(25)17-30(4)5/h6-11,13-16,29H,12,17H2,1-5H3. The van der Waals surface area contributed by atoms with Gasteiger partial charge in [0.15, 0.2) is 0 Å². The first-order valence-corrected chi connectivity index (χ1v) is 10.6. The minimum absolute atomic E-state index is 0.611. The molecular weight excluding hydrogens is 364 g/mol. The normalized spacial score (nSPS) is 13.7. The molecule has 3 aromatic carbocycles. The lowest BCUT2D eigenvalue weighted by atomic mass is 9.86. The number of allylic oxidation sites excluding steroid dienone is 2. The molecule has 2 heteroatoms. The predicted molar refractivity (Wildman–Crippen MR) is 130 cm³/mol. The molecule has 0 amide bonds. The number of hydrogen-bond donors (Lipinski definition) is 1. The fraction of sp³-hybridized carbons (Fsp3) is 0.250. The zero-order valence-corrected chi connectivity index (χ0v) is 18.6. The predicted octanol–water partition coefficient (Wildman–Crippen LogP) is 6.46. The van der Waals surface area contributed by atoms with E-state index in [9.17, 15) is 5.41 Å². The van der Waals surface area contributed by atoms with Gasteiger partial charge in [-0.2, -0.15) is 0 Å². The minimum atomic E-state index is 0.611. The molecule has 4 rings (SSSR count). The second-order valence-electron chi connectivity index (χ2n) is 8.65. The van der Waals surface area contributed by atoms with Crippen molar-refractivity contribution in [2.24, 2.45) is 0 Å².